The van der Waals surface area contributed by atoms with Crippen molar-refractivity contribution < 1.29 is 27.9 Å². The number of pyridine rings is 1. The van der Waals surface area contributed by atoms with E-state index in [1.165, 1.54) is 30.5 Å². The molecule has 3 rings (SSSR count). The van der Waals surface area contributed by atoms with Crippen molar-refractivity contribution in [3.8, 4) is 11.1 Å². The minimum atomic E-state index is -4.45. The number of benzene rings is 2. The fraction of sp³-hybridized carbons (Fsp3) is 0.0952. The highest BCUT2D eigenvalue weighted by atomic mass is 19.4. The molecular formula is C21H15F3N3O3-. The summed E-state index contributed by atoms with van der Waals surface area (Å²) in [6.45, 7) is 1.79. The predicted octanol–water partition coefficient (Wildman–Crippen LogP) is 4.08. The molecule has 0 saturated heterocycles. The standard InChI is InChI=1S/C21H16F3N3O3/c1-12-2-8-16(13-3-5-14(6-4-13)21(22,23)24)17(10-12)19(28)26-15-7-9-18(25-11-15)27-20(29)30/h2-11H,1H3,(H,25,27)(H,26,28)(H,29,30)/p-1. The van der Waals surface area contributed by atoms with Crippen molar-refractivity contribution in [1.82, 2.24) is 4.98 Å². The van der Waals surface area contributed by atoms with Crippen LogP contribution in [-0.2, 0) is 6.18 Å². The number of hydrogen-bond acceptors (Lipinski definition) is 4. The second-order valence-corrected chi connectivity index (χ2v) is 6.42. The molecule has 0 aliphatic carbocycles. The normalized spacial score (nSPS) is 11.1. The second-order valence-electron chi connectivity index (χ2n) is 6.42. The SMILES string of the molecule is Cc1ccc(-c2ccc(C(F)(F)F)cc2)c(C(=O)Nc2ccc(NC(=O)[O-])nc2)c1. The Morgan fingerprint density at radius 1 is 0.967 bits per heavy atom. The van der Waals surface area contributed by atoms with E-state index in [9.17, 15) is 27.9 Å². The third kappa shape index (κ3) is 4.93. The molecular weight excluding hydrogens is 399 g/mol. The van der Waals surface area contributed by atoms with Crippen LogP contribution in [0.15, 0.2) is 60.8 Å². The van der Waals surface area contributed by atoms with E-state index in [2.05, 4.69) is 10.3 Å². The number of carboxylic acid groups (broad SMARTS) is 1. The minimum absolute atomic E-state index is 0.0361. The third-order valence-electron chi connectivity index (χ3n) is 4.19. The second kappa shape index (κ2) is 8.24. The van der Waals surface area contributed by atoms with Crippen molar-refractivity contribution in [3.05, 3.63) is 77.5 Å². The molecule has 154 valence electrons. The van der Waals surface area contributed by atoms with Gasteiger partial charge < -0.3 is 20.5 Å². The van der Waals surface area contributed by atoms with E-state index in [0.717, 1.165) is 17.7 Å². The van der Waals surface area contributed by atoms with E-state index >= 15 is 0 Å². The number of anilines is 2. The van der Waals surface area contributed by atoms with Gasteiger partial charge in [-0.2, -0.15) is 13.2 Å². The molecule has 1 heterocycles. The van der Waals surface area contributed by atoms with Gasteiger partial charge in [-0.1, -0.05) is 29.8 Å². The van der Waals surface area contributed by atoms with Crippen molar-refractivity contribution in [3.63, 3.8) is 0 Å². The first-order valence-corrected chi connectivity index (χ1v) is 8.67. The number of hydrogen-bond donors (Lipinski definition) is 2. The number of alkyl halides is 3. The first kappa shape index (κ1) is 20.8. The fourth-order valence-electron chi connectivity index (χ4n) is 2.78. The van der Waals surface area contributed by atoms with Crippen LogP contribution in [0.5, 0.6) is 0 Å². The first-order valence-electron chi connectivity index (χ1n) is 8.67. The van der Waals surface area contributed by atoms with E-state index < -0.39 is 23.7 Å². The van der Waals surface area contributed by atoms with Crippen molar-refractivity contribution >= 4 is 23.5 Å². The Bertz CT molecular complexity index is 1080. The van der Waals surface area contributed by atoms with Gasteiger partial charge in [0.05, 0.1) is 17.4 Å². The molecule has 0 aliphatic rings. The molecule has 0 aliphatic heterocycles. The van der Waals surface area contributed by atoms with Gasteiger partial charge in [-0.3, -0.25) is 4.79 Å². The Kier molecular flexibility index (Phi) is 5.72. The zero-order chi connectivity index (χ0) is 21.9. The molecule has 6 nitrogen and oxygen atoms in total. The van der Waals surface area contributed by atoms with E-state index in [1.54, 1.807) is 25.1 Å². The minimum Gasteiger partial charge on any atom is -0.530 e. The van der Waals surface area contributed by atoms with Gasteiger partial charge in [0.25, 0.3) is 5.91 Å². The van der Waals surface area contributed by atoms with Crippen LogP contribution in [0.25, 0.3) is 11.1 Å². The van der Waals surface area contributed by atoms with Gasteiger partial charge in [-0.25, -0.2) is 4.98 Å². The van der Waals surface area contributed by atoms with Crippen LogP contribution < -0.4 is 15.7 Å². The molecule has 0 radical (unpaired) electrons. The summed E-state index contributed by atoms with van der Waals surface area (Å²) in [5.74, 6) is -0.454. The highest BCUT2D eigenvalue weighted by Gasteiger charge is 2.30. The smallest absolute Gasteiger partial charge is 0.416 e. The maximum Gasteiger partial charge on any atom is 0.416 e. The van der Waals surface area contributed by atoms with Gasteiger partial charge in [0.15, 0.2) is 0 Å². The number of carbonyl (C=O) groups is 2. The summed E-state index contributed by atoms with van der Waals surface area (Å²) in [5, 5.41) is 15.1. The predicted molar refractivity (Wildman–Crippen MR) is 103 cm³/mol. The average Bonchev–Trinajstić information content (AvgIpc) is 2.68. The van der Waals surface area contributed by atoms with Crippen LogP contribution in [0.4, 0.5) is 29.5 Å². The summed E-state index contributed by atoms with van der Waals surface area (Å²) in [5.41, 5.74) is 1.52. The highest BCUT2D eigenvalue weighted by molar-refractivity contribution is 6.08. The molecule has 2 N–H and O–H groups in total. The fourth-order valence-corrected chi connectivity index (χ4v) is 2.78. The van der Waals surface area contributed by atoms with Crippen LogP contribution in [-0.4, -0.2) is 17.0 Å². The van der Waals surface area contributed by atoms with Crippen molar-refractivity contribution in [1.29, 1.82) is 0 Å². The number of rotatable bonds is 4. The van der Waals surface area contributed by atoms with Gasteiger partial charge in [0.2, 0.25) is 0 Å². The molecule has 3 aromatic rings. The lowest BCUT2D eigenvalue weighted by Crippen LogP contribution is -2.29. The molecule has 1 aromatic heterocycles. The average molecular weight is 414 g/mol. The lowest BCUT2D eigenvalue weighted by molar-refractivity contribution is -0.242. The number of carbonyl (C=O) groups excluding carboxylic acids is 2. The lowest BCUT2D eigenvalue weighted by atomic mass is 9.96. The summed E-state index contributed by atoms with van der Waals surface area (Å²) >= 11 is 0. The summed E-state index contributed by atoms with van der Waals surface area (Å²) in [7, 11) is 0. The van der Waals surface area contributed by atoms with E-state index in [4.69, 9.17) is 0 Å². The number of nitrogens with zero attached hydrogens (tertiary/aromatic N) is 1. The molecule has 0 unspecified atom stereocenters. The van der Waals surface area contributed by atoms with Crippen LogP contribution in [0.1, 0.15) is 21.5 Å². The molecule has 9 heteroatoms. The molecule has 0 saturated carbocycles. The highest BCUT2D eigenvalue weighted by Crippen LogP contribution is 2.32. The quantitative estimate of drug-likeness (QED) is 0.673. The number of halogens is 3. The van der Waals surface area contributed by atoms with E-state index in [0.29, 0.717) is 16.8 Å². The third-order valence-corrected chi connectivity index (χ3v) is 4.19. The number of nitrogens with one attached hydrogen (secondary N) is 2. The largest absolute Gasteiger partial charge is 0.530 e. The Morgan fingerprint density at radius 3 is 2.23 bits per heavy atom. The monoisotopic (exact) mass is 414 g/mol. The van der Waals surface area contributed by atoms with E-state index in [1.807, 2.05) is 5.32 Å². The molecule has 2 amide bonds. The Balaban J connectivity index is 1.87. The molecule has 0 bridgehead atoms. The maximum absolute atomic E-state index is 12.8. The van der Waals surface area contributed by atoms with Crippen LogP contribution in [0.3, 0.4) is 0 Å². The van der Waals surface area contributed by atoms with Gasteiger partial charge in [-0.15, -0.1) is 0 Å². The van der Waals surface area contributed by atoms with Crippen LogP contribution in [0.2, 0.25) is 0 Å². The molecule has 0 atom stereocenters. The Labute approximate surface area is 169 Å². The molecule has 2 aromatic carbocycles. The Hall–Kier alpha value is -3.88. The first-order chi connectivity index (χ1) is 14.1. The number of aromatic nitrogens is 1. The van der Waals surface area contributed by atoms with Gasteiger partial charge in [0, 0.05) is 5.56 Å². The van der Waals surface area contributed by atoms with Gasteiger partial charge in [-0.05, 0) is 48.4 Å². The number of aryl methyl sites for hydroxylation is 1. The number of amides is 2. The van der Waals surface area contributed by atoms with E-state index in [-0.39, 0.29) is 11.4 Å². The topological polar surface area (TPSA) is 94.2 Å². The Morgan fingerprint density at radius 2 is 1.67 bits per heavy atom. The van der Waals surface area contributed by atoms with Crippen molar-refractivity contribution in [2.45, 2.75) is 13.1 Å². The molecule has 30 heavy (non-hydrogen) atoms. The van der Waals surface area contributed by atoms with Gasteiger partial charge >= 0.3 is 6.18 Å². The van der Waals surface area contributed by atoms with Crippen LogP contribution >= 0.6 is 0 Å². The van der Waals surface area contributed by atoms with Crippen LogP contribution in [0, 0.1) is 6.92 Å². The van der Waals surface area contributed by atoms with Crippen molar-refractivity contribution in [2.75, 3.05) is 10.6 Å². The zero-order valence-electron chi connectivity index (χ0n) is 15.6. The summed E-state index contributed by atoms with van der Waals surface area (Å²) < 4.78 is 38.4. The summed E-state index contributed by atoms with van der Waals surface area (Å²) in [4.78, 5) is 27.2. The lowest BCUT2D eigenvalue weighted by Gasteiger charge is -2.13. The molecule has 0 spiro atoms. The summed E-state index contributed by atoms with van der Waals surface area (Å²) in [6.07, 6.45) is -4.70. The summed E-state index contributed by atoms with van der Waals surface area (Å²) in [6, 6.07) is 12.4. The molecule has 0 fully saturated rings. The van der Waals surface area contributed by atoms with Gasteiger partial charge in [0.1, 0.15) is 11.9 Å². The maximum atomic E-state index is 12.8. The van der Waals surface area contributed by atoms with Crippen molar-refractivity contribution in [2.24, 2.45) is 0 Å². The zero-order valence-corrected chi connectivity index (χ0v) is 15.6.